The van der Waals surface area contributed by atoms with Crippen LogP contribution in [0.2, 0.25) is 0 Å². The predicted molar refractivity (Wildman–Crippen MR) is 40.8 cm³/mol. The fourth-order valence-corrected chi connectivity index (χ4v) is 0.561. The van der Waals surface area contributed by atoms with E-state index in [0.29, 0.717) is 0 Å². The van der Waals surface area contributed by atoms with Crippen LogP contribution in [0.25, 0.3) is 0 Å². The molecule has 0 aliphatic carbocycles. The van der Waals surface area contributed by atoms with Crippen LogP contribution in [0.1, 0.15) is 0 Å². The van der Waals surface area contributed by atoms with Crippen molar-refractivity contribution in [2.24, 2.45) is 0 Å². The van der Waals surface area contributed by atoms with Crippen molar-refractivity contribution in [3.05, 3.63) is 0 Å². The van der Waals surface area contributed by atoms with Gasteiger partial charge < -0.3 is 20.4 Å². The summed E-state index contributed by atoms with van der Waals surface area (Å²) in [4.78, 5) is 22.1. The molecule has 0 saturated heterocycles. The summed E-state index contributed by atoms with van der Waals surface area (Å²) in [5, 5.41) is 18.5. The molecule has 0 heterocycles. The summed E-state index contributed by atoms with van der Waals surface area (Å²) in [5.41, 5.74) is 0. The molecule has 0 aromatic rings. The van der Waals surface area contributed by atoms with Crippen molar-refractivity contribution in [3.8, 4) is 0 Å². The number of carbonyl (C=O) groups is 2. The van der Waals surface area contributed by atoms with E-state index in [1.807, 2.05) is 5.32 Å². The van der Waals surface area contributed by atoms with Crippen molar-refractivity contribution in [2.45, 2.75) is 0 Å². The van der Waals surface area contributed by atoms with E-state index < -0.39 is 6.09 Å². The average molecular weight is 176 g/mol. The Morgan fingerprint density at radius 3 is 2.50 bits per heavy atom. The number of hydrogen-bond acceptors (Lipinski definition) is 3. The number of aliphatic hydroxyl groups excluding tert-OH is 1. The van der Waals surface area contributed by atoms with Crippen molar-refractivity contribution in [3.63, 3.8) is 0 Å². The second-order valence-corrected chi connectivity index (χ2v) is 2.20. The summed E-state index contributed by atoms with van der Waals surface area (Å²) in [6, 6.07) is 0. The van der Waals surface area contributed by atoms with Crippen LogP contribution in [-0.4, -0.2) is 53.9 Å². The standard InChI is InChI=1S/C6H12N2O4/c1-8(2-3-9)5(10)4-7-6(11)12/h7,9H,2-4H2,1H3,(H,11,12). The molecule has 6 heteroatoms. The number of aliphatic hydroxyl groups is 1. The average Bonchev–Trinajstić information content (AvgIpc) is 2.00. The molecule has 0 radical (unpaired) electrons. The van der Waals surface area contributed by atoms with Crippen molar-refractivity contribution in [2.75, 3.05) is 26.7 Å². The van der Waals surface area contributed by atoms with Crippen LogP contribution in [0.15, 0.2) is 0 Å². The van der Waals surface area contributed by atoms with Gasteiger partial charge >= 0.3 is 6.09 Å². The van der Waals surface area contributed by atoms with Crippen molar-refractivity contribution in [1.29, 1.82) is 0 Å². The van der Waals surface area contributed by atoms with Crippen molar-refractivity contribution < 1.29 is 19.8 Å². The van der Waals surface area contributed by atoms with Gasteiger partial charge in [0.05, 0.1) is 6.61 Å². The van der Waals surface area contributed by atoms with Crippen molar-refractivity contribution >= 4 is 12.0 Å². The first-order valence-electron chi connectivity index (χ1n) is 3.39. The number of hydrogen-bond donors (Lipinski definition) is 3. The molecule has 2 amide bonds. The van der Waals surface area contributed by atoms with Crippen molar-refractivity contribution in [1.82, 2.24) is 10.2 Å². The lowest BCUT2D eigenvalue weighted by Gasteiger charge is -2.14. The Labute approximate surface area is 69.8 Å². The number of nitrogens with zero attached hydrogens (tertiary/aromatic N) is 1. The smallest absolute Gasteiger partial charge is 0.405 e. The molecule has 70 valence electrons. The third-order valence-corrected chi connectivity index (χ3v) is 1.25. The van der Waals surface area contributed by atoms with Gasteiger partial charge in [-0.1, -0.05) is 0 Å². The van der Waals surface area contributed by atoms with Crippen LogP contribution in [0, 0.1) is 0 Å². The summed E-state index contributed by atoms with van der Waals surface area (Å²) in [6.45, 7) is -0.179. The minimum absolute atomic E-state index is 0.130. The van der Waals surface area contributed by atoms with Gasteiger partial charge in [0.1, 0.15) is 6.54 Å². The maximum absolute atomic E-state index is 10.9. The first kappa shape index (κ1) is 10.7. The van der Waals surface area contributed by atoms with Gasteiger partial charge in [-0.25, -0.2) is 4.79 Å². The molecular formula is C6H12N2O4. The molecule has 0 rings (SSSR count). The van der Waals surface area contributed by atoms with Gasteiger partial charge in [-0.15, -0.1) is 0 Å². The molecule has 0 aromatic carbocycles. The molecule has 0 atom stereocenters. The van der Waals surface area contributed by atoms with E-state index in [9.17, 15) is 9.59 Å². The molecule has 12 heavy (non-hydrogen) atoms. The van der Waals surface area contributed by atoms with E-state index in [1.54, 1.807) is 0 Å². The van der Waals surface area contributed by atoms with Gasteiger partial charge in [0, 0.05) is 13.6 Å². The normalized spacial score (nSPS) is 9.17. The van der Waals surface area contributed by atoms with Gasteiger partial charge in [0.15, 0.2) is 0 Å². The summed E-state index contributed by atoms with van der Waals surface area (Å²) in [5.74, 6) is -0.369. The zero-order chi connectivity index (χ0) is 9.56. The Morgan fingerprint density at radius 1 is 1.50 bits per heavy atom. The topological polar surface area (TPSA) is 89.9 Å². The first-order chi connectivity index (χ1) is 5.57. The highest BCUT2D eigenvalue weighted by molar-refractivity contribution is 5.81. The molecule has 0 fully saturated rings. The summed E-state index contributed by atoms with van der Waals surface area (Å²) >= 11 is 0. The zero-order valence-electron chi connectivity index (χ0n) is 6.78. The molecule has 0 spiro atoms. The molecule has 0 aromatic heterocycles. The largest absolute Gasteiger partial charge is 0.465 e. The fraction of sp³-hybridized carbons (Fsp3) is 0.667. The second-order valence-electron chi connectivity index (χ2n) is 2.20. The Balaban J connectivity index is 3.64. The third-order valence-electron chi connectivity index (χ3n) is 1.25. The van der Waals surface area contributed by atoms with Crippen LogP contribution in [-0.2, 0) is 4.79 Å². The van der Waals surface area contributed by atoms with Crippen LogP contribution in [0.4, 0.5) is 4.79 Å². The Bertz CT molecular complexity index is 171. The van der Waals surface area contributed by atoms with E-state index in [4.69, 9.17) is 10.2 Å². The van der Waals surface area contributed by atoms with Crippen LogP contribution in [0.3, 0.4) is 0 Å². The highest BCUT2D eigenvalue weighted by Crippen LogP contribution is 1.81. The molecule has 6 nitrogen and oxygen atoms in total. The fourth-order valence-electron chi connectivity index (χ4n) is 0.561. The Morgan fingerprint density at radius 2 is 2.08 bits per heavy atom. The lowest BCUT2D eigenvalue weighted by Crippen LogP contribution is -2.38. The third kappa shape index (κ3) is 4.51. The van der Waals surface area contributed by atoms with Gasteiger partial charge in [0.2, 0.25) is 5.91 Å². The Hall–Kier alpha value is -1.30. The maximum Gasteiger partial charge on any atom is 0.405 e. The van der Waals surface area contributed by atoms with E-state index in [2.05, 4.69) is 0 Å². The lowest BCUT2D eigenvalue weighted by atomic mass is 10.5. The van der Waals surface area contributed by atoms with Gasteiger partial charge in [-0.05, 0) is 0 Å². The second kappa shape index (κ2) is 5.36. The Kier molecular flexibility index (Phi) is 4.78. The zero-order valence-corrected chi connectivity index (χ0v) is 6.78. The van der Waals surface area contributed by atoms with E-state index >= 15 is 0 Å². The van der Waals surface area contributed by atoms with E-state index in [1.165, 1.54) is 11.9 Å². The number of nitrogens with one attached hydrogen (secondary N) is 1. The SMILES string of the molecule is CN(CCO)C(=O)CNC(=O)O. The van der Waals surface area contributed by atoms with Gasteiger partial charge in [-0.2, -0.15) is 0 Å². The monoisotopic (exact) mass is 176 g/mol. The molecular weight excluding hydrogens is 164 g/mol. The maximum atomic E-state index is 10.9. The molecule has 0 aliphatic heterocycles. The molecule has 3 N–H and O–H groups in total. The lowest BCUT2D eigenvalue weighted by molar-refractivity contribution is -0.129. The summed E-state index contributed by atoms with van der Waals surface area (Å²) in [7, 11) is 1.49. The van der Waals surface area contributed by atoms with Gasteiger partial charge in [0.25, 0.3) is 0 Å². The van der Waals surface area contributed by atoms with E-state index in [0.717, 1.165) is 0 Å². The highest BCUT2D eigenvalue weighted by Gasteiger charge is 2.07. The summed E-state index contributed by atoms with van der Waals surface area (Å²) < 4.78 is 0. The number of likely N-dealkylation sites (N-methyl/N-ethyl adjacent to an activating group) is 1. The van der Waals surface area contributed by atoms with Crippen LogP contribution >= 0.6 is 0 Å². The van der Waals surface area contributed by atoms with Crippen LogP contribution < -0.4 is 5.32 Å². The van der Waals surface area contributed by atoms with Gasteiger partial charge in [-0.3, -0.25) is 4.79 Å². The molecule has 0 aliphatic rings. The molecule has 0 saturated carbocycles. The number of carbonyl (C=O) groups excluding carboxylic acids is 1. The highest BCUT2D eigenvalue weighted by atomic mass is 16.4. The number of amides is 2. The number of carboxylic acid groups (broad SMARTS) is 1. The molecule has 0 unspecified atom stereocenters. The quantitative estimate of drug-likeness (QED) is 0.497. The predicted octanol–water partition coefficient (Wildman–Crippen LogP) is -1.30. The summed E-state index contributed by atoms with van der Waals surface area (Å²) in [6.07, 6.45) is -1.24. The van der Waals surface area contributed by atoms with E-state index in [-0.39, 0.29) is 25.6 Å². The molecule has 0 bridgehead atoms. The minimum Gasteiger partial charge on any atom is -0.465 e. The van der Waals surface area contributed by atoms with Crippen LogP contribution in [0.5, 0.6) is 0 Å². The first-order valence-corrected chi connectivity index (χ1v) is 3.39. The minimum atomic E-state index is -1.24. The number of rotatable bonds is 4.